The van der Waals surface area contributed by atoms with E-state index in [4.69, 9.17) is 0 Å². The van der Waals surface area contributed by atoms with Crippen LogP contribution in [0.1, 0.15) is 13.8 Å². The maximum Gasteiger partial charge on any atom is 0.401 e. The molecule has 0 aromatic heterocycles. The van der Waals surface area contributed by atoms with Crippen molar-refractivity contribution >= 4 is 10.0 Å². The number of hydrogen-bond donors (Lipinski definition) is 0. The van der Waals surface area contributed by atoms with Gasteiger partial charge in [-0.15, -0.1) is 0 Å². The second-order valence-corrected chi connectivity index (χ2v) is 6.35. The molecule has 0 aliphatic rings. The molecular weight excluding hydrogens is 257 g/mol. The van der Waals surface area contributed by atoms with Gasteiger partial charge in [0, 0.05) is 26.2 Å². The second-order valence-electron chi connectivity index (χ2n) is 4.26. The Labute approximate surface area is 100 Å². The van der Waals surface area contributed by atoms with E-state index in [2.05, 4.69) is 0 Å². The summed E-state index contributed by atoms with van der Waals surface area (Å²) >= 11 is 0. The van der Waals surface area contributed by atoms with E-state index < -0.39 is 22.7 Å². The Kier molecular flexibility index (Phi) is 5.89. The zero-order valence-electron chi connectivity index (χ0n) is 10.5. The number of rotatable bonds is 6. The molecule has 8 heteroatoms. The summed E-state index contributed by atoms with van der Waals surface area (Å²) in [4.78, 5) is 1.20. The molecule has 17 heavy (non-hydrogen) atoms. The molecule has 0 N–H and O–H groups in total. The molecule has 0 radical (unpaired) electrons. The zero-order valence-corrected chi connectivity index (χ0v) is 11.3. The van der Waals surface area contributed by atoms with Crippen molar-refractivity contribution in [3.8, 4) is 0 Å². The first-order chi connectivity index (χ1) is 7.43. The first-order valence-electron chi connectivity index (χ1n) is 5.15. The van der Waals surface area contributed by atoms with Crippen LogP contribution in [0.2, 0.25) is 0 Å². The summed E-state index contributed by atoms with van der Waals surface area (Å²) in [7, 11) is -1.99. The van der Waals surface area contributed by atoms with Crippen LogP contribution in [0, 0.1) is 0 Å². The topological polar surface area (TPSA) is 40.6 Å². The lowest BCUT2D eigenvalue weighted by molar-refractivity contribution is -0.149. The lowest BCUT2D eigenvalue weighted by Crippen LogP contribution is -2.43. The van der Waals surface area contributed by atoms with Crippen molar-refractivity contribution in [3.05, 3.63) is 0 Å². The van der Waals surface area contributed by atoms with Crippen molar-refractivity contribution in [2.24, 2.45) is 0 Å². The molecule has 0 amide bonds. The van der Waals surface area contributed by atoms with Crippen molar-refractivity contribution < 1.29 is 21.6 Å². The van der Waals surface area contributed by atoms with E-state index in [1.54, 1.807) is 13.8 Å². The summed E-state index contributed by atoms with van der Waals surface area (Å²) in [6.07, 6.45) is -3.25. The molecule has 0 rings (SSSR count). The van der Waals surface area contributed by atoms with E-state index in [-0.39, 0.29) is 19.1 Å². The van der Waals surface area contributed by atoms with Gasteiger partial charge in [0.1, 0.15) is 0 Å². The molecule has 0 aliphatic heterocycles. The first kappa shape index (κ1) is 16.7. The normalized spacial score (nSPS) is 14.0. The van der Waals surface area contributed by atoms with E-state index >= 15 is 0 Å². The van der Waals surface area contributed by atoms with Crippen molar-refractivity contribution in [1.29, 1.82) is 0 Å². The van der Waals surface area contributed by atoms with Gasteiger partial charge in [0.15, 0.2) is 0 Å². The van der Waals surface area contributed by atoms with E-state index in [9.17, 15) is 21.6 Å². The largest absolute Gasteiger partial charge is 0.401 e. The zero-order chi connectivity index (χ0) is 13.9. The van der Waals surface area contributed by atoms with Gasteiger partial charge in [-0.25, -0.2) is 12.7 Å². The van der Waals surface area contributed by atoms with Gasteiger partial charge in [-0.05, 0) is 13.8 Å². The fourth-order valence-electron chi connectivity index (χ4n) is 1.19. The molecule has 104 valence electrons. The molecule has 0 atom stereocenters. The van der Waals surface area contributed by atoms with Crippen molar-refractivity contribution in [2.45, 2.75) is 26.1 Å². The predicted octanol–water partition coefficient (Wildman–Crippen LogP) is 1.15. The Hall–Kier alpha value is -0.340. The smallest absolute Gasteiger partial charge is 0.291 e. The lowest BCUT2D eigenvalue weighted by Gasteiger charge is -2.28. The molecule has 4 nitrogen and oxygen atoms in total. The van der Waals surface area contributed by atoms with Gasteiger partial charge in [0.05, 0.1) is 12.8 Å². The van der Waals surface area contributed by atoms with Gasteiger partial charge in [-0.1, -0.05) is 0 Å². The van der Waals surface area contributed by atoms with Crippen LogP contribution in [-0.4, -0.2) is 62.8 Å². The van der Waals surface area contributed by atoms with E-state index in [0.29, 0.717) is 0 Å². The number of nitrogens with zero attached hydrogens (tertiary/aromatic N) is 2. The van der Waals surface area contributed by atoms with Gasteiger partial charge >= 0.3 is 6.18 Å². The fourth-order valence-corrected chi connectivity index (χ4v) is 1.60. The maximum atomic E-state index is 12.3. The molecule has 0 saturated carbocycles. The molecule has 0 bridgehead atoms. The Morgan fingerprint density at radius 3 is 1.94 bits per heavy atom. The first-order valence-corrected chi connectivity index (χ1v) is 7.00. The summed E-state index contributed by atoms with van der Waals surface area (Å²) in [5.74, 6) is 0. The Balaban J connectivity index is 4.39. The molecule has 0 unspecified atom stereocenters. The minimum Gasteiger partial charge on any atom is -0.291 e. The second kappa shape index (κ2) is 6.01. The third-order valence-corrected chi connectivity index (χ3v) is 3.70. The molecule has 0 heterocycles. The number of hydrogen-bond acceptors (Lipinski definition) is 3. The van der Waals surface area contributed by atoms with Gasteiger partial charge < -0.3 is 0 Å². The third-order valence-electron chi connectivity index (χ3n) is 2.38. The lowest BCUT2D eigenvalue weighted by atomic mass is 10.3. The van der Waals surface area contributed by atoms with E-state index in [0.717, 1.165) is 10.6 Å². The summed E-state index contributed by atoms with van der Waals surface area (Å²) in [5.41, 5.74) is 0. The fraction of sp³-hybridized carbons (Fsp3) is 1.00. The highest BCUT2D eigenvalue weighted by Crippen LogP contribution is 2.17. The van der Waals surface area contributed by atoms with Crippen LogP contribution in [0.4, 0.5) is 13.2 Å². The van der Waals surface area contributed by atoms with Crippen LogP contribution in [0.15, 0.2) is 0 Å². The standard InChI is InChI=1S/C9H19F3N2O2S/c1-8(2)14(7-9(10,11)12)6-5-13(3)17(4,15)16/h8H,5-7H2,1-4H3. The highest BCUT2D eigenvalue weighted by Gasteiger charge is 2.31. The molecule has 0 aromatic rings. The van der Waals surface area contributed by atoms with Crippen molar-refractivity contribution in [3.63, 3.8) is 0 Å². The molecular formula is C9H19F3N2O2S. The number of alkyl halides is 3. The minimum atomic E-state index is -4.27. The summed E-state index contributed by atoms with van der Waals surface area (Å²) in [5, 5.41) is 0. The van der Waals surface area contributed by atoms with Gasteiger partial charge in [0.25, 0.3) is 0 Å². The van der Waals surface area contributed by atoms with Gasteiger partial charge in [-0.2, -0.15) is 13.2 Å². The predicted molar refractivity (Wildman–Crippen MR) is 60.2 cm³/mol. The van der Waals surface area contributed by atoms with Crippen LogP contribution in [0.3, 0.4) is 0 Å². The minimum absolute atomic E-state index is 0.0487. The van der Waals surface area contributed by atoms with Gasteiger partial charge in [0.2, 0.25) is 10.0 Å². The SMILES string of the molecule is CC(C)N(CCN(C)S(C)(=O)=O)CC(F)(F)F. The number of halogens is 3. The Morgan fingerprint density at radius 1 is 1.18 bits per heavy atom. The van der Waals surface area contributed by atoms with Crippen LogP contribution in [0.5, 0.6) is 0 Å². The van der Waals surface area contributed by atoms with E-state index in [1.807, 2.05) is 0 Å². The average Bonchev–Trinajstić information content (AvgIpc) is 2.07. The summed E-state index contributed by atoms with van der Waals surface area (Å²) in [6, 6.07) is -0.287. The van der Waals surface area contributed by atoms with Gasteiger partial charge in [-0.3, -0.25) is 4.90 Å². The summed E-state index contributed by atoms with van der Waals surface area (Å²) < 4.78 is 60.0. The van der Waals surface area contributed by atoms with Crippen LogP contribution in [-0.2, 0) is 10.0 Å². The van der Waals surface area contributed by atoms with Crippen LogP contribution in [0.25, 0.3) is 0 Å². The Morgan fingerprint density at radius 2 is 1.65 bits per heavy atom. The number of sulfonamides is 1. The molecule has 0 aliphatic carbocycles. The van der Waals surface area contributed by atoms with Crippen molar-refractivity contribution in [2.75, 3.05) is 32.9 Å². The monoisotopic (exact) mass is 276 g/mol. The highest BCUT2D eigenvalue weighted by atomic mass is 32.2. The average molecular weight is 276 g/mol. The molecule has 0 spiro atoms. The quantitative estimate of drug-likeness (QED) is 0.731. The van der Waals surface area contributed by atoms with Crippen LogP contribution >= 0.6 is 0 Å². The molecule has 0 fully saturated rings. The van der Waals surface area contributed by atoms with E-state index in [1.165, 1.54) is 11.9 Å². The third kappa shape index (κ3) is 7.56. The molecule has 0 aromatic carbocycles. The molecule has 0 saturated heterocycles. The van der Waals surface area contributed by atoms with Crippen molar-refractivity contribution in [1.82, 2.24) is 9.21 Å². The maximum absolute atomic E-state index is 12.3. The number of likely N-dealkylation sites (N-methyl/N-ethyl adjacent to an activating group) is 1. The Bertz CT molecular complexity index is 328. The highest BCUT2D eigenvalue weighted by molar-refractivity contribution is 7.88. The van der Waals surface area contributed by atoms with Crippen LogP contribution < -0.4 is 0 Å². The summed E-state index contributed by atoms with van der Waals surface area (Å²) in [6.45, 7) is 2.37.